The van der Waals surface area contributed by atoms with E-state index in [4.69, 9.17) is 18.0 Å². The summed E-state index contributed by atoms with van der Waals surface area (Å²) in [7, 11) is 0. The molecule has 0 saturated heterocycles. The fourth-order valence-electron chi connectivity index (χ4n) is 2.40. The maximum absolute atomic E-state index is 5.69. The van der Waals surface area contributed by atoms with Crippen molar-refractivity contribution in [3.8, 4) is 0 Å². The maximum Gasteiger partial charge on any atom is 0.107 e. The summed E-state index contributed by atoms with van der Waals surface area (Å²) in [6.07, 6.45) is 0. The fraction of sp³-hybridized carbons (Fsp3) is 0.125. The van der Waals surface area contributed by atoms with E-state index in [1.54, 1.807) is 0 Å². The number of para-hydroxylation sites is 2. The third kappa shape index (κ3) is 2.30. The summed E-state index contributed by atoms with van der Waals surface area (Å²) in [6, 6.07) is 16.2. The molecule has 2 N–H and O–H groups in total. The highest BCUT2D eigenvalue weighted by atomic mass is 32.1. The van der Waals surface area contributed by atoms with Gasteiger partial charge < -0.3 is 10.3 Å². The van der Waals surface area contributed by atoms with Gasteiger partial charge in [-0.05, 0) is 30.7 Å². The zero-order chi connectivity index (χ0) is 14.1. The second-order valence-electron chi connectivity index (χ2n) is 4.80. The van der Waals surface area contributed by atoms with Crippen molar-refractivity contribution in [2.24, 2.45) is 5.73 Å². The second-order valence-corrected chi connectivity index (χ2v) is 5.24. The molecule has 1 heterocycles. The first-order chi connectivity index (χ1) is 9.65. The van der Waals surface area contributed by atoms with Crippen molar-refractivity contribution in [3.63, 3.8) is 0 Å². The number of thiocarbonyl (C=S) groups is 1. The van der Waals surface area contributed by atoms with Crippen LogP contribution in [0.15, 0.2) is 48.5 Å². The molecule has 0 fully saturated rings. The summed E-state index contributed by atoms with van der Waals surface area (Å²) in [5.74, 6) is 1.01. The van der Waals surface area contributed by atoms with Crippen molar-refractivity contribution >= 4 is 28.2 Å². The highest BCUT2D eigenvalue weighted by Gasteiger charge is 2.07. The predicted molar refractivity (Wildman–Crippen MR) is 85.9 cm³/mol. The van der Waals surface area contributed by atoms with Crippen LogP contribution in [0.5, 0.6) is 0 Å². The molecule has 3 aromatic rings. The van der Waals surface area contributed by atoms with Gasteiger partial charge in [-0.25, -0.2) is 4.98 Å². The van der Waals surface area contributed by atoms with E-state index in [2.05, 4.69) is 21.7 Å². The average Bonchev–Trinajstić information content (AvgIpc) is 2.76. The van der Waals surface area contributed by atoms with Crippen molar-refractivity contribution in [1.82, 2.24) is 9.55 Å². The molecule has 0 atom stereocenters. The van der Waals surface area contributed by atoms with Crippen LogP contribution in [0.4, 0.5) is 0 Å². The van der Waals surface area contributed by atoms with Crippen molar-refractivity contribution in [1.29, 1.82) is 0 Å². The Morgan fingerprint density at radius 2 is 2.00 bits per heavy atom. The topological polar surface area (TPSA) is 43.8 Å². The molecule has 4 heteroatoms. The molecule has 100 valence electrons. The Kier molecular flexibility index (Phi) is 3.24. The molecule has 20 heavy (non-hydrogen) atoms. The van der Waals surface area contributed by atoms with Crippen LogP contribution in [0.2, 0.25) is 0 Å². The van der Waals surface area contributed by atoms with Crippen molar-refractivity contribution in [3.05, 3.63) is 65.5 Å². The van der Waals surface area contributed by atoms with Crippen LogP contribution in [0, 0.1) is 6.92 Å². The van der Waals surface area contributed by atoms with Crippen LogP contribution < -0.4 is 5.73 Å². The maximum atomic E-state index is 5.69. The van der Waals surface area contributed by atoms with Gasteiger partial charge in [0.25, 0.3) is 0 Å². The molecule has 0 radical (unpaired) electrons. The smallest absolute Gasteiger partial charge is 0.107 e. The predicted octanol–water partition coefficient (Wildman–Crippen LogP) is 3.03. The molecule has 0 spiro atoms. The van der Waals surface area contributed by atoms with Crippen molar-refractivity contribution < 1.29 is 0 Å². The van der Waals surface area contributed by atoms with Crippen molar-refractivity contribution in [2.75, 3.05) is 0 Å². The molecular weight excluding hydrogens is 266 g/mol. The molecule has 0 saturated carbocycles. The lowest BCUT2D eigenvalue weighted by molar-refractivity contribution is 0.786. The molecule has 0 aliphatic heterocycles. The van der Waals surface area contributed by atoms with E-state index < -0.39 is 0 Å². The second kappa shape index (κ2) is 5.06. The number of hydrogen-bond acceptors (Lipinski definition) is 2. The zero-order valence-corrected chi connectivity index (χ0v) is 12.0. The number of aromatic nitrogens is 2. The van der Waals surface area contributed by atoms with Gasteiger partial charge in [0.1, 0.15) is 10.8 Å². The lowest BCUT2D eigenvalue weighted by Gasteiger charge is -2.08. The number of aryl methyl sites for hydroxylation is 1. The highest BCUT2D eigenvalue weighted by Crippen LogP contribution is 2.17. The van der Waals surface area contributed by atoms with Gasteiger partial charge in [-0.15, -0.1) is 0 Å². The van der Waals surface area contributed by atoms with Gasteiger partial charge in [-0.2, -0.15) is 0 Å². The third-order valence-electron chi connectivity index (χ3n) is 3.40. The Balaban J connectivity index is 2.03. The molecule has 0 amide bonds. The monoisotopic (exact) mass is 281 g/mol. The SMILES string of the molecule is Cc1nc2ccccc2n1Cc1cccc(C(N)=S)c1. The number of hydrogen-bond donors (Lipinski definition) is 1. The van der Waals surface area contributed by atoms with Crippen LogP contribution in [0.25, 0.3) is 11.0 Å². The normalized spacial score (nSPS) is 10.8. The van der Waals surface area contributed by atoms with Gasteiger partial charge in [-0.1, -0.05) is 42.5 Å². The Morgan fingerprint density at radius 1 is 1.20 bits per heavy atom. The number of imidazole rings is 1. The fourth-order valence-corrected chi connectivity index (χ4v) is 2.53. The largest absolute Gasteiger partial charge is 0.389 e. The number of rotatable bonds is 3. The number of fused-ring (bicyclic) bond motifs is 1. The molecule has 3 nitrogen and oxygen atoms in total. The Labute approximate surface area is 123 Å². The van der Waals surface area contributed by atoms with Gasteiger partial charge in [0, 0.05) is 12.1 Å². The third-order valence-corrected chi connectivity index (χ3v) is 3.63. The van der Waals surface area contributed by atoms with Crippen LogP contribution in [0.3, 0.4) is 0 Å². The number of nitrogens with zero attached hydrogens (tertiary/aromatic N) is 2. The number of benzene rings is 2. The Hall–Kier alpha value is -2.20. The summed E-state index contributed by atoms with van der Waals surface area (Å²) in [6.45, 7) is 2.79. The van der Waals surface area contributed by atoms with Crippen LogP contribution >= 0.6 is 12.2 Å². The van der Waals surface area contributed by atoms with E-state index in [9.17, 15) is 0 Å². The van der Waals surface area contributed by atoms with E-state index in [-0.39, 0.29) is 0 Å². The minimum Gasteiger partial charge on any atom is -0.389 e. The van der Waals surface area contributed by atoms with Gasteiger partial charge in [-0.3, -0.25) is 0 Å². The highest BCUT2D eigenvalue weighted by molar-refractivity contribution is 7.80. The Bertz CT molecular complexity index is 789. The van der Waals surface area contributed by atoms with Gasteiger partial charge in [0.15, 0.2) is 0 Å². The number of nitrogens with two attached hydrogens (primary N) is 1. The van der Waals surface area contributed by atoms with Crippen LogP contribution in [0.1, 0.15) is 17.0 Å². The lowest BCUT2D eigenvalue weighted by atomic mass is 10.1. The molecule has 1 aromatic heterocycles. The molecular formula is C16H15N3S. The van der Waals surface area contributed by atoms with E-state index >= 15 is 0 Å². The van der Waals surface area contributed by atoms with E-state index in [1.807, 2.05) is 43.3 Å². The van der Waals surface area contributed by atoms with Gasteiger partial charge in [0.05, 0.1) is 11.0 Å². The van der Waals surface area contributed by atoms with E-state index in [0.29, 0.717) is 4.99 Å². The lowest BCUT2D eigenvalue weighted by Crippen LogP contribution is -2.10. The van der Waals surface area contributed by atoms with E-state index in [0.717, 1.165) is 29.0 Å². The van der Waals surface area contributed by atoms with Crippen LogP contribution in [-0.2, 0) is 6.54 Å². The van der Waals surface area contributed by atoms with E-state index in [1.165, 1.54) is 5.56 Å². The molecule has 2 aromatic carbocycles. The summed E-state index contributed by atoms with van der Waals surface area (Å²) in [4.78, 5) is 5.01. The first-order valence-corrected chi connectivity index (χ1v) is 6.86. The Morgan fingerprint density at radius 3 is 2.80 bits per heavy atom. The summed E-state index contributed by atoms with van der Waals surface area (Å²) in [5.41, 5.74) is 9.93. The standard InChI is InChI=1S/C16H15N3S/c1-11-18-14-7-2-3-8-15(14)19(11)10-12-5-4-6-13(9-12)16(17)20/h2-9H,10H2,1H3,(H2,17,20). The molecule has 0 unspecified atom stereocenters. The quantitative estimate of drug-likeness (QED) is 0.750. The van der Waals surface area contributed by atoms with Crippen molar-refractivity contribution in [2.45, 2.75) is 13.5 Å². The molecule has 3 rings (SSSR count). The molecule has 0 aliphatic rings. The first kappa shape index (κ1) is 12.8. The van der Waals surface area contributed by atoms with Gasteiger partial charge >= 0.3 is 0 Å². The summed E-state index contributed by atoms with van der Waals surface area (Å²) >= 11 is 5.03. The minimum absolute atomic E-state index is 0.430. The van der Waals surface area contributed by atoms with Gasteiger partial charge in [0.2, 0.25) is 0 Å². The average molecular weight is 281 g/mol. The molecule has 0 aliphatic carbocycles. The summed E-state index contributed by atoms with van der Waals surface area (Å²) < 4.78 is 2.20. The minimum atomic E-state index is 0.430. The van der Waals surface area contributed by atoms with Crippen LogP contribution in [-0.4, -0.2) is 14.5 Å². The summed E-state index contributed by atoms with van der Waals surface area (Å²) in [5, 5.41) is 0. The first-order valence-electron chi connectivity index (χ1n) is 6.46. The zero-order valence-electron chi connectivity index (χ0n) is 11.2. The molecule has 0 bridgehead atoms.